The van der Waals surface area contributed by atoms with E-state index in [1.807, 2.05) is 0 Å². The zero-order valence-electron chi connectivity index (χ0n) is 11.3. The van der Waals surface area contributed by atoms with E-state index in [1.165, 1.54) is 12.1 Å². The molecule has 19 heavy (non-hydrogen) atoms. The fraction of sp³-hybridized carbons (Fsp3) is 0.571. The van der Waals surface area contributed by atoms with Crippen molar-refractivity contribution in [2.75, 3.05) is 12.8 Å². The van der Waals surface area contributed by atoms with Gasteiger partial charge in [0.2, 0.25) is 0 Å². The summed E-state index contributed by atoms with van der Waals surface area (Å²) in [5.74, 6) is -0.289. The van der Waals surface area contributed by atoms with E-state index in [-0.39, 0.29) is 4.90 Å². The highest BCUT2D eigenvalue weighted by Gasteiger charge is 2.30. The Morgan fingerprint density at radius 3 is 2.58 bits per heavy atom. The molecule has 1 fully saturated rings. The number of rotatable bonds is 5. The smallest absolute Gasteiger partial charge is 0.178 e. The van der Waals surface area contributed by atoms with Gasteiger partial charge in [0.1, 0.15) is 10.7 Å². The molecular weight excluding hydrogens is 265 g/mol. The van der Waals surface area contributed by atoms with Crippen LogP contribution in [-0.4, -0.2) is 27.3 Å². The van der Waals surface area contributed by atoms with Crippen LogP contribution in [0.4, 0.5) is 4.39 Å². The third-order valence-corrected chi connectivity index (χ3v) is 4.78. The van der Waals surface area contributed by atoms with Crippen LogP contribution in [-0.2, 0) is 9.84 Å². The quantitative estimate of drug-likeness (QED) is 0.904. The molecule has 1 aromatic rings. The summed E-state index contributed by atoms with van der Waals surface area (Å²) in [5, 5.41) is 3.43. The molecule has 0 aliphatic heterocycles. The molecule has 0 radical (unpaired) electrons. The van der Waals surface area contributed by atoms with Gasteiger partial charge in [0.15, 0.2) is 9.84 Å². The summed E-state index contributed by atoms with van der Waals surface area (Å²) in [5.41, 5.74) is 0.902. The minimum Gasteiger partial charge on any atom is -0.314 e. The normalized spacial score (nSPS) is 23.1. The van der Waals surface area contributed by atoms with Crippen molar-refractivity contribution in [1.82, 2.24) is 5.32 Å². The predicted molar refractivity (Wildman–Crippen MR) is 73.6 cm³/mol. The van der Waals surface area contributed by atoms with Crippen molar-refractivity contribution in [2.24, 2.45) is 0 Å². The van der Waals surface area contributed by atoms with Gasteiger partial charge in [0, 0.05) is 12.3 Å². The predicted octanol–water partition coefficient (Wildman–Crippen LogP) is 2.47. The summed E-state index contributed by atoms with van der Waals surface area (Å²) >= 11 is 0. The highest BCUT2D eigenvalue weighted by molar-refractivity contribution is 7.90. The van der Waals surface area contributed by atoms with E-state index < -0.39 is 15.7 Å². The first kappa shape index (κ1) is 14.5. The van der Waals surface area contributed by atoms with Crippen molar-refractivity contribution < 1.29 is 12.8 Å². The Morgan fingerprint density at radius 1 is 1.37 bits per heavy atom. The molecular formula is C14H20FNO2S. The lowest BCUT2D eigenvalue weighted by molar-refractivity contribution is 0.291. The standard InChI is InChI=1S/C14H20FNO2S/c1-3-6-16-12-7-11(8-12)10-4-5-14(13(15)9-10)19(2,17)18/h4-5,9,11-12,16H,3,6-8H2,1-2H3. The van der Waals surface area contributed by atoms with Crippen LogP contribution in [0.15, 0.2) is 23.1 Å². The summed E-state index contributed by atoms with van der Waals surface area (Å²) < 4.78 is 36.4. The van der Waals surface area contributed by atoms with E-state index in [4.69, 9.17) is 0 Å². The van der Waals surface area contributed by atoms with Crippen LogP contribution in [0.3, 0.4) is 0 Å². The van der Waals surface area contributed by atoms with E-state index in [1.54, 1.807) is 6.07 Å². The average Bonchev–Trinajstić information content (AvgIpc) is 2.25. The maximum Gasteiger partial charge on any atom is 0.178 e. The van der Waals surface area contributed by atoms with E-state index in [0.29, 0.717) is 12.0 Å². The van der Waals surface area contributed by atoms with Crippen molar-refractivity contribution in [3.05, 3.63) is 29.6 Å². The molecule has 106 valence electrons. The molecule has 0 heterocycles. The molecule has 0 amide bonds. The lowest BCUT2D eigenvalue weighted by Crippen LogP contribution is -2.40. The number of sulfone groups is 1. The topological polar surface area (TPSA) is 46.2 Å². The number of hydrogen-bond donors (Lipinski definition) is 1. The molecule has 0 spiro atoms. The van der Waals surface area contributed by atoms with Crippen molar-refractivity contribution in [3.63, 3.8) is 0 Å². The molecule has 0 atom stereocenters. The highest BCUT2D eigenvalue weighted by atomic mass is 32.2. The van der Waals surface area contributed by atoms with Gasteiger partial charge < -0.3 is 5.32 Å². The molecule has 1 saturated carbocycles. The first-order chi connectivity index (χ1) is 8.91. The van der Waals surface area contributed by atoms with Gasteiger partial charge in [0.25, 0.3) is 0 Å². The Labute approximate surface area is 114 Å². The van der Waals surface area contributed by atoms with Crippen LogP contribution < -0.4 is 5.32 Å². The van der Waals surface area contributed by atoms with Gasteiger partial charge >= 0.3 is 0 Å². The molecule has 0 saturated heterocycles. The first-order valence-corrected chi connectivity index (χ1v) is 8.54. The number of halogens is 1. The summed E-state index contributed by atoms with van der Waals surface area (Å²) in [6.07, 6.45) is 4.13. The molecule has 2 rings (SSSR count). The Bertz CT molecular complexity index is 551. The monoisotopic (exact) mass is 285 g/mol. The van der Waals surface area contributed by atoms with Gasteiger partial charge in [-0.2, -0.15) is 0 Å². The largest absolute Gasteiger partial charge is 0.314 e. The molecule has 1 aliphatic carbocycles. The van der Waals surface area contributed by atoms with Crippen molar-refractivity contribution in [2.45, 2.75) is 43.0 Å². The fourth-order valence-corrected chi connectivity index (χ4v) is 3.21. The molecule has 1 aliphatic rings. The van der Waals surface area contributed by atoms with E-state index >= 15 is 0 Å². The number of benzene rings is 1. The Hall–Kier alpha value is -0.940. The van der Waals surface area contributed by atoms with Gasteiger partial charge in [0.05, 0.1) is 0 Å². The summed E-state index contributed by atoms with van der Waals surface area (Å²) in [6.45, 7) is 3.14. The second-order valence-electron chi connectivity index (χ2n) is 5.28. The molecule has 5 heteroatoms. The molecule has 1 aromatic carbocycles. The van der Waals surface area contributed by atoms with Crippen LogP contribution in [0, 0.1) is 5.82 Å². The van der Waals surface area contributed by atoms with Gasteiger partial charge in [-0.25, -0.2) is 12.8 Å². The maximum absolute atomic E-state index is 13.8. The molecule has 0 aromatic heterocycles. The SMILES string of the molecule is CCCNC1CC(c2ccc(S(C)(=O)=O)c(F)c2)C1. The second kappa shape index (κ2) is 5.59. The van der Waals surface area contributed by atoms with Crippen LogP contribution in [0.25, 0.3) is 0 Å². The van der Waals surface area contributed by atoms with Crippen LogP contribution in [0.1, 0.15) is 37.7 Å². The Morgan fingerprint density at radius 2 is 2.05 bits per heavy atom. The van der Waals surface area contributed by atoms with Crippen molar-refractivity contribution >= 4 is 9.84 Å². The van der Waals surface area contributed by atoms with E-state index in [2.05, 4.69) is 12.2 Å². The van der Waals surface area contributed by atoms with Crippen molar-refractivity contribution in [1.29, 1.82) is 0 Å². The molecule has 1 N–H and O–H groups in total. The third kappa shape index (κ3) is 3.34. The lowest BCUT2D eigenvalue weighted by atomic mass is 9.76. The van der Waals surface area contributed by atoms with E-state index in [0.717, 1.165) is 37.6 Å². The summed E-state index contributed by atoms with van der Waals surface area (Å²) in [7, 11) is -3.47. The van der Waals surface area contributed by atoms with Gasteiger partial charge in [-0.1, -0.05) is 13.0 Å². The van der Waals surface area contributed by atoms with Gasteiger partial charge in [-0.3, -0.25) is 0 Å². The van der Waals surface area contributed by atoms with Crippen LogP contribution >= 0.6 is 0 Å². The summed E-state index contributed by atoms with van der Waals surface area (Å²) in [6, 6.07) is 5.01. The number of hydrogen-bond acceptors (Lipinski definition) is 3. The van der Waals surface area contributed by atoms with Gasteiger partial charge in [-0.15, -0.1) is 0 Å². The minimum atomic E-state index is -3.47. The maximum atomic E-state index is 13.8. The Balaban J connectivity index is 2.03. The third-order valence-electron chi connectivity index (χ3n) is 3.65. The first-order valence-electron chi connectivity index (χ1n) is 6.64. The van der Waals surface area contributed by atoms with Crippen molar-refractivity contribution in [3.8, 4) is 0 Å². The molecule has 0 unspecified atom stereocenters. The van der Waals surface area contributed by atoms with Crippen LogP contribution in [0.2, 0.25) is 0 Å². The average molecular weight is 285 g/mol. The minimum absolute atomic E-state index is 0.212. The molecule has 3 nitrogen and oxygen atoms in total. The lowest BCUT2D eigenvalue weighted by Gasteiger charge is -2.36. The van der Waals surface area contributed by atoms with Gasteiger partial charge in [-0.05, 0) is 49.4 Å². The zero-order chi connectivity index (χ0) is 14.0. The Kier molecular flexibility index (Phi) is 4.26. The zero-order valence-corrected chi connectivity index (χ0v) is 12.1. The number of nitrogens with one attached hydrogen (secondary N) is 1. The molecule has 0 bridgehead atoms. The van der Waals surface area contributed by atoms with Crippen LogP contribution in [0.5, 0.6) is 0 Å². The second-order valence-corrected chi connectivity index (χ2v) is 7.27. The fourth-order valence-electron chi connectivity index (χ4n) is 2.48. The summed E-state index contributed by atoms with van der Waals surface area (Å²) in [4.78, 5) is -0.212. The van der Waals surface area contributed by atoms with E-state index in [9.17, 15) is 12.8 Å². The highest BCUT2D eigenvalue weighted by Crippen LogP contribution is 2.37.